The molecule has 0 amide bonds. The zero-order valence-corrected chi connectivity index (χ0v) is 9.54. The molecule has 0 aliphatic carbocycles. The number of halogens is 1. The van der Waals surface area contributed by atoms with Crippen molar-refractivity contribution in [2.75, 3.05) is 7.11 Å². The van der Waals surface area contributed by atoms with Gasteiger partial charge in [0.25, 0.3) is 0 Å². The molecule has 0 radical (unpaired) electrons. The van der Waals surface area contributed by atoms with Crippen molar-refractivity contribution in [1.82, 2.24) is 0 Å². The summed E-state index contributed by atoms with van der Waals surface area (Å²) in [6, 6.07) is 5.14. The second-order valence-corrected chi connectivity index (χ2v) is 3.68. The Kier molecular flexibility index (Phi) is 3.69. The zero-order valence-electron chi connectivity index (χ0n) is 7.95. The van der Waals surface area contributed by atoms with E-state index in [9.17, 15) is 4.79 Å². The molecule has 1 aromatic rings. The van der Waals surface area contributed by atoms with Gasteiger partial charge in [-0.15, -0.1) is 0 Å². The molecule has 0 unspecified atom stereocenters. The Bertz CT molecular complexity index is 437. The van der Waals surface area contributed by atoms with Crippen LogP contribution < -0.4 is 4.74 Å². The monoisotopic (exact) mass is 269 g/mol. The van der Waals surface area contributed by atoms with E-state index in [2.05, 4.69) is 15.9 Å². The fraction of sp³-hybridized carbons (Fsp3) is 0.200. The number of benzene rings is 1. The minimum absolute atomic E-state index is 0.196. The fourth-order valence-electron chi connectivity index (χ4n) is 1.18. The van der Waals surface area contributed by atoms with Crippen LogP contribution in [0.4, 0.5) is 0 Å². The summed E-state index contributed by atoms with van der Waals surface area (Å²) in [7, 11) is 1.48. The van der Waals surface area contributed by atoms with Crippen molar-refractivity contribution in [2.45, 2.75) is 6.42 Å². The molecule has 4 nitrogen and oxygen atoms in total. The molecule has 0 bridgehead atoms. The molecular formula is C10H8BrNO3. The van der Waals surface area contributed by atoms with Gasteiger partial charge in [0, 0.05) is 4.47 Å². The first kappa shape index (κ1) is 11.5. The van der Waals surface area contributed by atoms with Crippen LogP contribution in [0.5, 0.6) is 5.75 Å². The number of methoxy groups -OCH3 is 1. The van der Waals surface area contributed by atoms with Gasteiger partial charge in [-0.1, -0.05) is 0 Å². The van der Waals surface area contributed by atoms with Crippen molar-refractivity contribution in [3.8, 4) is 11.8 Å². The van der Waals surface area contributed by atoms with Gasteiger partial charge in [-0.05, 0) is 33.6 Å². The molecule has 0 aliphatic rings. The van der Waals surface area contributed by atoms with E-state index in [4.69, 9.17) is 15.1 Å². The number of ether oxygens (including phenoxy) is 1. The molecule has 1 rings (SSSR count). The van der Waals surface area contributed by atoms with Crippen molar-refractivity contribution in [3.63, 3.8) is 0 Å². The molecule has 0 aliphatic heterocycles. The summed E-state index contributed by atoms with van der Waals surface area (Å²) in [5, 5.41) is 17.5. The predicted molar refractivity (Wildman–Crippen MR) is 56.7 cm³/mol. The summed E-state index contributed by atoms with van der Waals surface area (Å²) in [6.45, 7) is 0. The third-order valence-corrected chi connectivity index (χ3v) is 2.46. The smallest absolute Gasteiger partial charge is 0.307 e. The highest BCUT2D eigenvalue weighted by Crippen LogP contribution is 2.26. The third-order valence-electron chi connectivity index (χ3n) is 1.83. The van der Waals surface area contributed by atoms with E-state index in [1.165, 1.54) is 7.11 Å². The highest BCUT2D eigenvalue weighted by atomic mass is 79.9. The molecule has 1 N–H and O–H groups in total. The normalized spacial score (nSPS) is 9.40. The summed E-state index contributed by atoms with van der Waals surface area (Å²) in [5.41, 5.74) is 0.773. The Morgan fingerprint density at radius 2 is 2.33 bits per heavy atom. The minimum Gasteiger partial charge on any atom is -0.497 e. The van der Waals surface area contributed by atoms with Crippen molar-refractivity contribution in [3.05, 3.63) is 27.7 Å². The van der Waals surface area contributed by atoms with Gasteiger partial charge in [0.2, 0.25) is 0 Å². The lowest BCUT2D eigenvalue weighted by Crippen LogP contribution is -2.03. The first-order valence-electron chi connectivity index (χ1n) is 4.06. The number of carboxylic acids is 1. The van der Waals surface area contributed by atoms with Crippen LogP contribution in [0.3, 0.4) is 0 Å². The van der Waals surface area contributed by atoms with Gasteiger partial charge in [-0.2, -0.15) is 5.26 Å². The number of hydrogen-bond donors (Lipinski definition) is 1. The van der Waals surface area contributed by atoms with Crippen LogP contribution in [-0.2, 0) is 11.2 Å². The summed E-state index contributed by atoms with van der Waals surface area (Å²) in [4.78, 5) is 10.6. The van der Waals surface area contributed by atoms with Gasteiger partial charge in [0.1, 0.15) is 11.8 Å². The largest absolute Gasteiger partial charge is 0.497 e. The number of aliphatic carboxylic acids is 1. The minimum atomic E-state index is -0.980. The standard InChI is InChI=1S/C10H8BrNO3/c1-15-7-2-6(3-10(13)14)8(5-12)9(11)4-7/h2,4H,3H2,1H3,(H,13,14). The Labute approximate surface area is 95.2 Å². The van der Waals surface area contributed by atoms with Crippen LogP contribution in [0.1, 0.15) is 11.1 Å². The number of hydrogen-bond acceptors (Lipinski definition) is 3. The van der Waals surface area contributed by atoms with E-state index in [1.807, 2.05) is 6.07 Å². The molecule has 0 spiro atoms. The maximum atomic E-state index is 10.6. The lowest BCUT2D eigenvalue weighted by molar-refractivity contribution is -0.136. The second-order valence-electron chi connectivity index (χ2n) is 2.83. The van der Waals surface area contributed by atoms with E-state index in [0.717, 1.165) is 0 Å². The number of carboxylic acid groups (broad SMARTS) is 1. The molecule has 15 heavy (non-hydrogen) atoms. The fourth-order valence-corrected chi connectivity index (χ4v) is 1.75. The average molecular weight is 270 g/mol. The quantitative estimate of drug-likeness (QED) is 0.911. The van der Waals surface area contributed by atoms with Gasteiger partial charge in [0.15, 0.2) is 0 Å². The summed E-state index contributed by atoms with van der Waals surface area (Å²) in [5.74, 6) is -0.455. The van der Waals surface area contributed by atoms with Gasteiger partial charge >= 0.3 is 5.97 Å². The van der Waals surface area contributed by atoms with Gasteiger partial charge in [-0.3, -0.25) is 4.79 Å². The summed E-state index contributed by atoms with van der Waals surface area (Å²) >= 11 is 3.19. The Balaban J connectivity index is 3.27. The maximum absolute atomic E-state index is 10.6. The highest BCUT2D eigenvalue weighted by molar-refractivity contribution is 9.10. The first-order valence-corrected chi connectivity index (χ1v) is 4.86. The lowest BCUT2D eigenvalue weighted by Gasteiger charge is -2.06. The molecule has 0 saturated carbocycles. The van der Waals surface area contributed by atoms with Crippen LogP contribution in [0.15, 0.2) is 16.6 Å². The van der Waals surface area contributed by atoms with Crippen LogP contribution in [0, 0.1) is 11.3 Å². The van der Waals surface area contributed by atoms with E-state index in [1.54, 1.807) is 12.1 Å². The van der Waals surface area contributed by atoms with Gasteiger partial charge in [-0.25, -0.2) is 0 Å². The number of nitrogens with zero attached hydrogens (tertiary/aromatic N) is 1. The molecule has 0 aromatic heterocycles. The zero-order chi connectivity index (χ0) is 11.4. The molecule has 0 saturated heterocycles. The van der Waals surface area contributed by atoms with Gasteiger partial charge < -0.3 is 9.84 Å². The van der Waals surface area contributed by atoms with Crippen molar-refractivity contribution in [2.24, 2.45) is 0 Å². The predicted octanol–water partition coefficient (Wildman–Crippen LogP) is 1.96. The van der Waals surface area contributed by atoms with E-state index >= 15 is 0 Å². The van der Waals surface area contributed by atoms with Crippen LogP contribution in [-0.4, -0.2) is 18.2 Å². The molecule has 0 heterocycles. The molecule has 0 atom stereocenters. The topological polar surface area (TPSA) is 70.3 Å². The Morgan fingerprint density at radius 1 is 1.67 bits per heavy atom. The second kappa shape index (κ2) is 4.80. The molecule has 0 fully saturated rings. The summed E-state index contributed by atoms with van der Waals surface area (Å²) in [6.07, 6.45) is -0.196. The van der Waals surface area contributed by atoms with Crippen LogP contribution in [0.25, 0.3) is 0 Å². The van der Waals surface area contributed by atoms with Gasteiger partial charge in [0.05, 0.1) is 19.1 Å². The first-order chi connectivity index (χ1) is 7.08. The molecular weight excluding hydrogens is 262 g/mol. The molecule has 5 heteroatoms. The molecule has 1 aromatic carbocycles. The number of carbonyl (C=O) groups is 1. The number of nitriles is 1. The SMILES string of the molecule is COc1cc(Br)c(C#N)c(CC(=O)O)c1. The van der Waals surface area contributed by atoms with E-state index < -0.39 is 5.97 Å². The van der Waals surface area contributed by atoms with Crippen LogP contribution in [0.2, 0.25) is 0 Å². The highest BCUT2D eigenvalue weighted by Gasteiger charge is 2.12. The Morgan fingerprint density at radius 3 is 2.80 bits per heavy atom. The Hall–Kier alpha value is -1.54. The van der Waals surface area contributed by atoms with E-state index in [0.29, 0.717) is 21.3 Å². The van der Waals surface area contributed by atoms with E-state index in [-0.39, 0.29) is 6.42 Å². The van der Waals surface area contributed by atoms with Crippen molar-refractivity contribution in [1.29, 1.82) is 5.26 Å². The maximum Gasteiger partial charge on any atom is 0.307 e. The molecule has 78 valence electrons. The number of rotatable bonds is 3. The van der Waals surface area contributed by atoms with Crippen molar-refractivity contribution < 1.29 is 14.6 Å². The van der Waals surface area contributed by atoms with Crippen LogP contribution >= 0.6 is 15.9 Å². The lowest BCUT2D eigenvalue weighted by atomic mass is 10.1. The van der Waals surface area contributed by atoms with Crippen molar-refractivity contribution >= 4 is 21.9 Å². The third kappa shape index (κ3) is 2.70. The summed E-state index contributed by atoms with van der Waals surface area (Å²) < 4.78 is 5.53. The average Bonchev–Trinajstić information content (AvgIpc) is 2.16.